The predicted molar refractivity (Wildman–Crippen MR) is 66.0 cm³/mol. The lowest BCUT2D eigenvalue weighted by Gasteiger charge is -2.15. The van der Waals surface area contributed by atoms with Gasteiger partial charge in [0.2, 0.25) is 5.91 Å². The highest BCUT2D eigenvalue weighted by Crippen LogP contribution is 2.29. The molecule has 1 aromatic carbocycles. The van der Waals surface area contributed by atoms with Gasteiger partial charge in [0.15, 0.2) is 6.10 Å². The quantitative estimate of drug-likeness (QED) is 0.440. The minimum Gasteiger partial charge on any atom is -0.479 e. The van der Waals surface area contributed by atoms with Crippen LogP contribution in [0.5, 0.6) is 0 Å². The van der Waals surface area contributed by atoms with E-state index in [2.05, 4.69) is 5.32 Å². The maximum Gasteiger partial charge on any atom is 0.335 e. The number of aliphatic carboxylic acids is 1. The topological polar surface area (TPSA) is 150 Å². The van der Waals surface area contributed by atoms with Crippen molar-refractivity contribution in [1.82, 2.24) is 0 Å². The van der Waals surface area contributed by atoms with Crippen molar-refractivity contribution in [3.05, 3.63) is 33.9 Å². The number of carbonyl (C=O) groups excluding carboxylic acids is 1. The number of carboxylic acids is 1. The van der Waals surface area contributed by atoms with Crippen LogP contribution in [0.2, 0.25) is 0 Å². The summed E-state index contributed by atoms with van der Waals surface area (Å²) in [5, 5.41) is 40.5. The van der Waals surface area contributed by atoms with E-state index in [0.29, 0.717) is 0 Å². The molecule has 2 unspecified atom stereocenters. The van der Waals surface area contributed by atoms with Gasteiger partial charge in [-0.3, -0.25) is 14.9 Å². The average molecular weight is 284 g/mol. The number of carboxylic acid groups (broad SMARTS) is 1. The van der Waals surface area contributed by atoms with E-state index in [1.54, 1.807) is 0 Å². The molecule has 0 heterocycles. The Morgan fingerprint density at radius 1 is 1.35 bits per heavy atom. The molecule has 1 amide bonds. The number of anilines is 1. The van der Waals surface area contributed by atoms with Crippen LogP contribution in [-0.2, 0) is 9.59 Å². The Hall–Kier alpha value is -2.52. The van der Waals surface area contributed by atoms with Crippen LogP contribution in [0, 0.1) is 10.1 Å². The number of amides is 1. The third kappa shape index (κ3) is 3.49. The summed E-state index contributed by atoms with van der Waals surface area (Å²) in [7, 11) is 0. The molecule has 0 aliphatic carbocycles. The normalized spacial score (nSPS) is 13.3. The van der Waals surface area contributed by atoms with E-state index in [1.807, 2.05) is 0 Å². The van der Waals surface area contributed by atoms with Gasteiger partial charge in [-0.1, -0.05) is 6.07 Å². The number of hydrogen-bond donors (Lipinski definition) is 4. The monoisotopic (exact) mass is 284 g/mol. The van der Waals surface area contributed by atoms with Crippen LogP contribution in [0.1, 0.15) is 18.6 Å². The highest BCUT2D eigenvalue weighted by molar-refractivity contribution is 5.91. The van der Waals surface area contributed by atoms with Crippen LogP contribution >= 0.6 is 0 Å². The number of hydrogen-bond acceptors (Lipinski definition) is 6. The molecule has 9 nitrogen and oxygen atoms in total. The second-order valence-corrected chi connectivity index (χ2v) is 3.94. The molecule has 1 rings (SSSR count). The van der Waals surface area contributed by atoms with E-state index < -0.39 is 34.7 Å². The van der Waals surface area contributed by atoms with Gasteiger partial charge >= 0.3 is 5.97 Å². The van der Waals surface area contributed by atoms with Crippen molar-refractivity contribution in [2.24, 2.45) is 0 Å². The Morgan fingerprint density at radius 2 is 1.95 bits per heavy atom. The summed E-state index contributed by atoms with van der Waals surface area (Å²) in [6.07, 6.45) is -3.93. The van der Waals surface area contributed by atoms with Crippen molar-refractivity contribution >= 4 is 23.3 Å². The lowest BCUT2D eigenvalue weighted by atomic mass is 10.0. The second-order valence-electron chi connectivity index (χ2n) is 3.94. The molecule has 0 aliphatic heterocycles. The molecule has 0 saturated carbocycles. The van der Waals surface area contributed by atoms with Crippen molar-refractivity contribution in [1.29, 1.82) is 0 Å². The summed E-state index contributed by atoms with van der Waals surface area (Å²) in [5.74, 6) is -2.18. The fourth-order valence-corrected chi connectivity index (χ4v) is 1.50. The van der Waals surface area contributed by atoms with E-state index in [4.69, 9.17) is 5.11 Å². The first-order valence-electron chi connectivity index (χ1n) is 5.39. The van der Waals surface area contributed by atoms with Crippen LogP contribution in [0.3, 0.4) is 0 Å². The molecule has 0 aromatic heterocycles. The minimum atomic E-state index is -2.11. The van der Waals surface area contributed by atoms with Crippen LogP contribution in [-0.4, -0.2) is 38.2 Å². The van der Waals surface area contributed by atoms with Crippen LogP contribution in [0.15, 0.2) is 18.2 Å². The number of nitro benzene ring substituents is 1. The first-order valence-corrected chi connectivity index (χ1v) is 5.39. The molecule has 0 radical (unpaired) electrons. The molecule has 108 valence electrons. The first-order chi connectivity index (χ1) is 9.23. The Kier molecular flexibility index (Phi) is 4.73. The molecule has 2 atom stereocenters. The fraction of sp³-hybridized carbons (Fsp3) is 0.273. The number of benzene rings is 1. The molecular weight excluding hydrogens is 272 g/mol. The lowest BCUT2D eigenvalue weighted by molar-refractivity contribution is -0.384. The van der Waals surface area contributed by atoms with Gasteiger partial charge in [0.1, 0.15) is 11.8 Å². The van der Waals surface area contributed by atoms with E-state index in [-0.39, 0.29) is 11.3 Å². The van der Waals surface area contributed by atoms with Gasteiger partial charge in [-0.25, -0.2) is 4.79 Å². The Labute approximate surface area is 112 Å². The average Bonchev–Trinajstić information content (AvgIpc) is 2.36. The Morgan fingerprint density at radius 3 is 2.40 bits per heavy atom. The van der Waals surface area contributed by atoms with E-state index >= 15 is 0 Å². The van der Waals surface area contributed by atoms with Gasteiger partial charge in [0.05, 0.1) is 4.92 Å². The summed E-state index contributed by atoms with van der Waals surface area (Å²) < 4.78 is 0. The molecule has 0 saturated heterocycles. The third-order valence-electron chi connectivity index (χ3n) is 2.42. The molecular formula is C11H12N2O7. The van der Waals surface area contributed by atoms with Gasteiger partial charge in [-0.15, -0.1) is 0 Å². The van der Waals surface area contributed by atoms with Crippen molar-refractivity contribution in [3.8, 4) is 0 Å². The first kappa shape index (κ1) is 15.5. The van der Waals surface area contributed by atoms with E-state index in [1.165, 1.54) is 13.0 Å². The van der Waals surface area contributed by atoms with Crippen LogP contribution in [0.4, 0.5) is 11.4 Å². The third-order valence-corrected chi connectivity index (χ3v) is 2.42. The maximum atomic E-state index is 10.9. The summed E-state index contributed by atoms with van der Waals surface area (Å²) in [4.78, 5) is 31.5. The number of carbonyl (C=O) groups is 2. The molecule has 0 aliphatic rings. The summed E-state index contributed by atoms with van der Waals surface area (Å²) in [5.41, 5.74) is -0.765. The molecule has 9 heteroatoms. The molecule has 20 heavy (non-hydrogen) atoms. The highest BCUT2D eigenvalue weighted by Gasteiger charge is 2.27. The zero-order valence-corrected chi connectivity index (χ0v) is 10.3. The van der Waals surface area contributed by atoms with E-state index in [0.717, 1.165) is 12.1 Å². The van der Waals surface area contributed by atoms with E-state index in [9.17, 15) is 29.9 Å². The predicted octanol–water partition coefficient (Wildman–Crippen LogP) is 0.0321. The smallest absolute Gasteiger partial charge is 0.335 e. The van der Waals surface area contributed by atoms with Crippen molar-refractivity contribution < 1.29 is 29.8 Å². The fourth-order valence-electron chi connectivity index (χ4n) is 1.50. The standard InChI is InChI=1S/C11H12N2O7/c1-5(14)12-7-3-2-6(4-8(7)13(19)20)9(15)10(16)11(17)18/h2-4,9-10,15-16H,1H3,(H,12,14)(H,17,18). The van der Waals surface area contributed by atoms with Crippen LogP contribution < -0.4 is 5.32 Å². The largest absolute Gasteiger partial charge is 0.479 e. The molecule has 1 aromatic rings. The summed E-state index contributed by atoms with van der Waals surface area (Å²) >= 11 is 0. The van der Waals surface area contributed by atoms with Gasteiger partial charge < -0.3 is 20.6 Å². The Bertz CT molecular complexity index is 558. The SMILES string of the molecule is CC(=O)Nc1ccc(C(O)C(O)C(=O)O)cc1[N+](=O)[O-]. The molecule has 0 bridgehead atoms. The molecule has 0 spiro atoms. The number of nitrogens with zero attached hydrogens (tertiary/aromatic N) is 1. The van der Waals surface area contributed by atoms with Gasteiger partial charge in [0.25, 0.3) is 5.69 Å². The summed E-state index contributed by atoms with van der Waals surface area (Å²) in [6, 6.07) is 3.21. The lowest BCUT2D eigenvalue weighted by Crippen LogP contribution is -2.27. The highest BCUT2D eigenvalue weighted by atomic mass is 16.6. The zero-order valence-electron chi connectivity index (χ0n) is 10.3. The Balaban J connectivity index is 3.19. The molecule has 4 N–H and O–H groups in total. The van der Waals surface area contributed by atoms with Crippen molar-refractivity contribution in [2.45, 2.75) is 19.1 Å². The second kappa shape index (κ2) is 6.08. The number of aliphatic hydroxyl groups is 2. The zero-order chi connectivity index (χ0) is 15.4. The van der Waals surface area contributed by atoms with Crippen LogP contribution in [0.25, 0.3) is 0 Å². The van der Waals surface area contributed by atoms with Gasteiger partial charge in [-0.05, 0) is 11.6 Å². The number of nitro groups is 1. The number of aliphatic hydroxyl groups excluding tert-OH is 2. The minimum absolute atomic E-state index is 0.0942. The van der Waals surface area contributed by atoms with Crippen molar-refractivity contribution in [2.75, 3.05) is 5.32 Å². The molecule has 0 fully saturated rings. The van der Waals surface area contributed by atoms with Gasteiger partial charge in [0, 0.05) is 13.0 Å². The number of rotatable bonds is 5. The van der Waals surface area contributed by atoms with Gasteiger partial charge in [-0.2, -0.15) is 0 Å². The maximum absolute atomic E-state index is 10.9. The number of nitrogens with one attached hydrogen (secondary N) is 1. The van der Waals surface area contributed by atoms with Crippen molar-refractivity contribution in [3.63, 3.8) is 0 Å². The summed E-state index contributed by atoms with van der Waals surface area (Å²) in [6.45, 7) is 1.17.